The van der Waals surface area contributed by atoms with E-state index in [0.717, 1.165) is 9.87 Å². The molecule has 0 unspecified atom stereocenters. The van der Waals surface area contributed by atoms with E-state index in [1.54, 1.807) is 19.1 Å². The lowest BCUT2D eigenvalue weighted by Gasteiger charge is -2.24. The molecule has 134 valence electrons. The molecule has 25 heavy (non-hydrogen) atoms. The zero-order valence-electron chi connectivity index (χ0n) is 13.3. The third-order valence-electron chi connectivity index (χ3n) is 3.41. The van der Waals surface area contributed by atoms with Crippen molar-refractivity contribution in [3.05, 3.63) is 57.0 Å². The monoisotopic (exact) mass is 421 g/mol. The summed E-state index contributed by atoms with van der Waals surface area (Å²) in [6.07, 6.45) is 0. The maximum absolute atomic E-state index is 13.1. The van der Waals surface area contributed by atoms with Crippen molar-refractivity contribution < 1.29 is 17.9 Å². The molecule has 0 aliphatic heterocycles. The van der Waals surface area contributed by atoms with Gasteiger partial charge in [0, 0.05) is 10.0 Å². The lowest BCUT2D eigenvalue weighted by molar-refractivity contribution is -0.138. The maximum atomic E-state index is 13.1. The Balaban J connectivity index is 2.63. The number of nitrogens with zero attached hydrogens (tertiary/aromatic N) is 1. The fourth-order valence-electron chi connectivity index (χ4n) is 2.03. The van der Waals surface area contributed by atoms with Crippen molar-refractivity contribution in [1.82, 2.24) is 0 Å². The van der Waals surface area contributed by atoms with Crippen molar-refractivity contribution in [2.45, 2.75) is 11.8 Å². The maximum Gasteiger partial charge on any atom is 0.326 e. The van der Waals surface area contributed by atoms with E-state index in [2.05, 4.69) is 4.74 Å². The highest BCUT2D eigenvalue weighted by Gasteiger charge is 2.30. The van der Waals surface area contributed by atoms with Crippen LogP contribution in [-0.2, 0) is 19.6 Å². The Morgan fingerprint density at radius 3 is 2.36 bits per heavy atom. The number of halogens is 3. The van der Waals surface area contributed by atoms with Gasteiger partial charge in [-0.2, -0.15) is 0 Å². The predicted octanol–water partition coefficient (Wildman–Crippen LogP) is 4.32. The Bertz CT molecular complexity index is 916. The van der Waals surface area contributed by atoms with Gasteiger partial charge < -0.3 is 4.74 Å². The molecule has 2 rings (SSSR count). The van der Waals surface area contributed by atoms with E-state index in [0.29, 0.717) is 5.02 Å². The van der Waals surface area contributed by atoms with Crippen molar-refractivity contribution in [3.63, 3.8) is 0 Å². The van der Waals surface area contributed by atoms with Crippen molar-refractivity contribution in [1.29, 1.82) is 0 Å². The van der Waals surface area contributed by atoms with Gasteiger partial charge in [0.05, 0.1) is 17.8 Å². The number of sulfonamides is 1. The number of esters is 1. The molecule has 0 aromatic heterocycles. The van der Waals surface area contributed by atoms with Crippen LogP contribution in [0.1, 0.15) is 5.56 Å². The average Bonchev–Trinajstić information content (AvgIpc) is 2.57. The van der Waals surface area contributed by atoms with Crippen LogP contribution in [-0.4, -0.2) is 28.0 Å². The molecular weight excluding hydrogens is 409 g/mol. The summed E-state index contributed by atoms with van der Waals surface area (Å²) >= 11 is 18.0. The number of hydrogen-bond donors (Lipinski definition) is 0. The minimum absolute atomic E-state index is 0.0162. The van der Waals surface area contributed by atoms with Gasteiger partial charge in [0.2, 0.25) is 0 Å². The van der Waals surface area contributed by atoms with Gasteiger partial charge in [0.25, 0.3) is 10.0 Å². The highest BCUT2D eigenvalue weighted by molar-refractivity contribution is 7.93. The van der Waals surface area contributed by atoms with Crippen LogP contribution in [0.2, 0.25) is 15.1 Å². The predicted molar refractivity (Wildman–Crippen MR) is 99.2 cm³/mol. The third kappa shape index (κ3) is 4.39. The summed E-state index contributed by atoms with van der Waals surface area (Å²) in [5, 5.41) is 0.542. The molecule has 0 aliphatic rings. The summed E-state index contributed by atoms with van der Waals surface area (Å²) in [5.41, 5.74) is 0.971. The van der Waals surface area contributed by atoms with E-state index in [4.69, 9.17) is 34.8 Å². The number of aryl methyl sites for hydroxylation is 1. The molecule has 0 atom stereocenters. The van der Waals surface area contributed by atoms with E-state index < -0.39 is 22.5 Å². The quantitative estimate of drug-likeness (QED) is 0.673. The number of rotatable bonds is 5. The van der Waals surface area contributed by atoms with Crippen LogP contribution in [0.3, 0.4) is 0 Å². The summed E-state index contributed by atoms with van der Waals surface area (Å²) in [7, 11) is -3.02. The minimum Gasteiger partial charge on any atom is -0.468 e. The first-order valence-corrected chi connectivity index (χ1v) is 9.55. The van der Waals surface area contributed by atoms with Crippen LogP contribution in [0.15, 0.2) is 41.3 Å². The summed E-state index contributed by atoms with van der Waals surface area (Å²) in [6, 6.07) is 8.71. The SMILES string of the molecule is COC(=O)CN(c1ccc(C)c(Cl)c1)S(=O)(=O)c1cc(Cl)ccc1Cl. The number of carbonyl (C=O) groups excluding carboxylic acids is 1. The average molecular weight is 423 g/mol. The Hall–Kier alpha value is -1.47. The number of methoxy groups -OCH3 is 1. The summed E-state index contributed by atoms with van der Waals surface area (Å²) in [4.78, 5) is 11.5. The molecule has 0 heterocycles. The van der Waals surface area contributed by atoms with Crippen LogP contribution >= 0.6 is 34.8 Å². The Morgan fingerprint density at radius 2 is 1.76 bits per heavy atom. The molecule has 0 saturated carbocycles. The lowest BCUT2D eigenvalue weighted by atomic mass is 10.2. The zero-order valence-corrected chi connectivity index (χ0v) is 16.4. The largest absolute Gasteiger partial charge is 0.468 e. The highest BCUT2D eigenvalue weighted by atomic mass is 35.5. The second-order valence-corrected chi connectivity index (χ2v) is 8.18. The van der Waals surface area contributed by atoms with Crippen LogP contribution < -0.4 is 4.31 Å². The second-order valence-electron chi connectivity index (χ2n) is 5.10. The molecule has 9 heteroatoms. The van der Waals surface area contributed by atoms with Crippen LogP contribution in [0.4, 0.5) is 5.69 Å². The number of ether oxygens (including phenoxy) is 1. The molecule has 2 aromatic carbocycles. The van der Waals surface area contributed by atoms with Gasteiger partial charge in [-0.15, -0.1) is 0 Å². The summed E-state index contributed by atoms with van der Waals surface area (Å²) in [5.74, 6) is -0.738. The number of hydrogen-bond acceptors (Lipinski definition) is 4. The smallest absolute Gasteiger partial charge is 0.326 e. The van der Waals surface area contributed by atoms with Crippen LogP contribution in [0.5, 0.6) is 0 Å². The normalized spacial score (nSPS) is 11.2. The van der Waals surface area contributed by atoms with Crippen LogP contribution in [0, 0.1) is 6.92 Å². The molecule has 0 N–H and O–H groups in total. The lowest BCUT2D eigenvalue weighted by Crippen LogP contribution is -2.36. The molecule has 5 nitrogen and oxygen atoms in total. The molecule has 0 bridgehead atoms. The number of carbonyl (C=O) groups is 1. The van der Waals surface area contributed by atoms with Gasteiger partial charge >= 0.3 is 5.97 Å². The second kappa shape index (κ2) is 7.83. The molecule has 0 saturated heterocycles. The van der Waals surface area contributed by atoms with Crippen molar-refractivity contribution in [3.8, 4) is 0 Å². The third-order valence-corrected chi connectivity index (χ3v) is 6.30. The van der Waals surface area contributed by atoms with Gasteiger partial charge in [-0.05, 0) is 42.8 Å². The first-order chi connectivity index (χ1) is 11.7. The van der Waals surface area contributed by atoms with E-state index in [-0.39, 0.29) is 20.6 Å². The van der Waals surface area contributed by atoms with E-state index in [9.17, 15) is 13.2 Å². The van der Waals surface area contributed by atoms with Crippen molar-refractivity contribution in [2.24, 2.45) is 0 Å². The summed E-state index contributed by atoms with van der Waals surface area (Å²) < 4.78 is 31.7. The molecule has 0 aliphatic carbocycles. The molecule has 2 aromatic rings. The van der Waals surface area contributed by atoms with E-state index >= 15 is 0 Å². The first kappa shape index (κ1) is 19.8. The van der Waals surface area contributed by atoms with Gasteiger partial charge in [-0.25, -0.2) is 8.42 Å². The van der Waals surface area contributed by atoms with Gasteiger partial charge in [0.15, 0.2) is 0 Å². The molecule has 0 spiro atoms. The molecule has 0 amide bonds. The number of anilines is 1. The highest BCUT2D eigenvalue weighted by Crippen LogP contribution is 2.32. The van der Waals surface area contributed by atoms with Gasteiger partial charge in [-0.1, -0.05) is 40.9 Å². The first-order valence-electron chi connectivity index (χ1n) is 6.97. The van der Waals surface area contributed by atoms with Gasteiger partial charge in [0.1, 0.15) is 11.4 Å². The van der Waals surface area contributed by atoms with E-state index in [1.807, 2.05) is 0 Å². The molecule has 0 fully saturated rings. The molecule has 0 radical (unpaired) electrons. The minimum atomic E-state index is -4.18. The standard InChI is InChI=1S/C16H14Cl3NO4S/c1-10-3-5-12(8-14(10)19)20(9-16(21)24-2)25(22,23)15-7-11(17)4-6-13(15)18/h3-8H,9H2,1-2H3. The summed E-state index contributed by atoms with van der Waals surface area (Å²) in [6.45, 7) is 1.24. The van der Waals surface area contributed by atoms with Crippen molar-refractivity contribution in [2.75, 3.05) is 18.0 Å². The fraction of sp³-hybridized carbons (Fsp3) is 0.188. The molecular formula is C16H14Cl3NO4S. The Morgan fingerprint density at radius 1 is 1.08 bits per heavy atom. The topological polar surface area (TPSA) is 63.7 Å². The Labute approximate surface area is 161 Å². The fourth-order valence-corrected chi connectivity index (χ4v) is 4.34. The van der Waals surface area contributed by atoms with Crippen LogP contribution in [0.25, 0.3) is 0 Å². The Kier molecular flexibility index (Phi) is 6.21. The van der Waals surface area contributed by atoms with Crippen molar-refractivity contribution >= 4 is 56.5 Å². The zero-order chi connectivity index (χ0) is 18.8. The number of benzene rings is 2. The van der Waals surface area contributed by atoms with Gasteiger partial charge in [-0.3, -0.25) is 9.10 Å². The van der Waals surface area contributed by atoms with E-state index in [1.165, 1.54) is 31.4 Å².